The zero-order chi connectivity index (χ0) is 28.7. The number of hydrogen-bond acceptors (Lipinski definition) is 10. The van der Waals surface area contributed by atoms with E-state index in [2.05, 4.69) is 55.8 Å². The number of rotatable bonds is 8. The van der Waals surface area contributed by atoms with Gasteiger partial charge in [0.15, 0.2) is 15.1 Å². The van der Waals surface area contributed by atoms with Crippen LogP contribution in [0.5, 0.6) is 5.75 Å². The van der Waals surface area contributed by atoms with E-state index in [0.29, 0.717) is 16.9 Å². The summed E-state index contributed by atoms with van der Waals surface area (Å²) in [7, 11) is -2.47. The van der Waals surface area contributed by atoms with Gasteiger partial charge in [-0.25, -0.2) is 28.2 Å². The number of fused-ring (bicyclic) bond motifs is 1. The molecule has 0 bridgehead atoms. The van der Waals surface area contributed by atoms with Gasteiger partial charge in [-0.15, -0.1) is 32.3 Å². The molecule has 0 saturated heterocycles. The summed E-state index contributed by atoms with van der Waals surface area (Å²) in [6, 6.07) is 4.13. The quantitative estimate of drug-likeness (QED) is 0.299. The zero-order valence-corrected chi connectivity index (χ0v) is 23.3. The van der Waals surface area contributed by atoms with E-state index in [-0.39, 0.29) is 58.6 Å². The number of aromatic nitrogens is 3. The Bertz CT molecular complexity index is 1350. The van der Waals surface area contributed by atoms with Gasteiger partial charge < -0.3 is 35.6 Å². The molecule has 0 radical (unpaired) electrons. The largest absolute Gasteiger partial charge is 1.00 e. The number of sulfonamides is 1. The Balaban J connectivity index is 0.000000380. The third-order valence-electron chi connectivity index (χ3n) is 4.46. The van der Waals surface area contributed by atoms with Gasteiger partial charge in [-0.1, -0.05) is 24.3 Å². The number of amides is 1. The minimum absolute atomic E-state index is 0. The first-order valence-electron chi connectivity index (χ1n) is 10.7. The summed E-state index contributed by atoms with van der Waals surface area (Å²) in [4.78, 5) is 22.8. The number of aryl methyl sites for hydroxylation is 1. The van der Waals surface area contributed by atoms with Gasteiger partial charge in [-0.3, -0.25) is 9.62 Å². The topological polar surface area (TPSA) is 136 Å². The SMILES string of the molecule is [CH2-]CN(C[CH2-])S(=O)(=O)c1sc(NC(=O)OC)nc1C.[CH2-][C@H](C)Nc1ncnc2c(OC(F)(F)F)cccc12.[Li+]. The van der Waals surface area contributed by atoms with E-state index in [1.54, 1.807) is 19.9 Å². The second kappa shape index (κ2) is 14.7. The molecule has 2 N–H and O–H groups in total. The number of thiazole rings is 1. The van der Waals surface area contributed by atoms with E-state index in [1.807, 2.05) is 0 Å². The molecule has 3 aromatic rings. The monoisotopic (exact) mass is 582 g/mol. The fourth-order valence-electron chi connectivity index (χ4n) is 2.90. The van der Waals surface area contributed by atoms with Crippen LogP contribution in [-0.2, 0) is 14.8 Å². The number of alkyl halides is 3. The Morgan fingerprint density at radius 3 is 2.41 bits per heavy atom. The van der Waals surface area contributed by atoms with Crippen LogP contribution in [0.4, 0.5) is 28.9 Å². The minimum Gasteiger partial charge on any atom is -0.453 e. The molecule has 3 rings (SSSR count). The Labute approximate surface area is 240 Å². The molecule has 2 heterocycles. The molecule has 0 fully saturated rings. The zero-order valence-electron chi connectivity index (χ0n) is 21.7. The Morgan fingerprint density at radius 1 is 1.23 bits per heavy atom. The Morgan fingerprint density at radius 2 is 1.87 bits per heavy atom. The van der Waals surface area contributed by atoms with E-state index in [4.69, 9.17) is 0 Å². The molecule has 0 aliphatic carbocycles. The van der Waals surface area contributed by atoms with Crippen molar-refractivity contribution >= 4 is 49.3 Å². The minimum atomic E-state index is -4.76. The van der Waals surface area contributed by atoms with Crippen LogP contribution in [0.3, 0.4) is 0 Å². The van der Waals surface area contributed by atoms with E-state index in [9.17, 15) is 26.4 Å². The molecule has 39 heavy (non-hydrogen) atoms. The maximum absolute atomic E-state index is 12.3. The van der Waals surface area contributed by atoms with Crippen LogP contribution in [0.25, 0.3) is 10.9 Å². The van der Waals surface area contributed by atoms with Gasteiger partial charge >= 0.3 is 31.3 Å². The van der Waals surface area contributed by atoms with Crippen LogP contribution >= 0.6 is 11.3 Å². The van der Waals surface area contributed by atoms with Crippen LogP contribution in [0, 0.1) is 27.7 Å². The normalized spacial score (nSPS) is 12.2. The number of benzene rings is 1. The van der Waals surface area contributed by atoms with Crippen molar-refractivity contribution in [3.8, 4) is 5.75 Å². The molecule has 11 nitrogen and oxygen atoms in total. The van der Waals surface area contributed by atoms with Gasteiger partial charge in [0, 0.05) is 5.39 Å². The molecule has 210 valence electrons. The van der Waals surface area contributed by atoms with Crippen molar-refractivity contribution in [2.24, 2.45) is 0 Å². The van der Waals surface area contributed by atoms with Crippen molar-refractivity contribution in [1.29, 1.82) is 0 Å². The smallest absolute Gasteiger partial charge is 0.453 e. The van der Waals surface area contributed by atoms with E-state index < -0.39 is 22.5 Å². The van der Waals surface area contributed by atoms with Crippen LogP contribution in [0.1, 0.15) is 12.6 Å². The molecule has 0 saturated carbocycles. The second-order valence-corrected chi connectivity index (χ2v) is 10.5. The number of hydrogen-bond donors (Lipinski definition) is 2. The van der Waals surface area contributed by atoms with Crippen molar-refractivity contribution in [2.75, 3.05) is 30.8 Å². The molecule has 1 atom stereocenters. The van der Waals surface area contributed by atoms with Gasteiger partial charge in [0.1, 0.15) is 17.7 Å². The summed E-state index contributed by atoms with van der Waals surface area (Å²) in [5, 5.41) is 5.88. The predicted molar refractivity (Wildman–Crippen MR) is 137 cm³/mol. The molecule has 0 unspecified atom stereocenters. The number of para-hydroxylation sites is 1. The van der Waals surface area contributed by atoms with E-state index in [0.717, 1.165) is 15.6 Å². The summed E-state index contributed by atoms with van der Waals surface area (Å²) >= 11 is 0.861. The molecule has 1 amide bonds. The van der Waals surface area contributed by atoms with Crippen LogP contribution in [0.15, 0.2) is 28.7 Å². The van der Waals surface area contributed by atoms with Crippen LogP contribution in [0.2, 0.25) is 0 Å². The fourth-order valence-corrected chi connectivity index (χ4v) is 5.69. The van der Waals surface area contributed by atoms with Crippen molar-refractivity contribution in [3.63, 3.8) is 0 Å². The number of ether oxygens (including phenoxy) is 2. The standard InChI is InChI=1S/C12H11F3N3O.C10H15N3O4S2.Li/c1-7(2)18-11-8-4-3-5-9(19-12(13,14)15)10(8)16-6-17-11;1-5-13(6-2)19(15,16)8-7(3)11-9(18-8)12-10(14)17-4;/h3-7H,1H2,2H3,(H,16,17,18);1-2,5-6H2,3-4H3,(H,11,12,14);/q-1;-2;+1/t7-;;/m1../s1. The maximum Gasteiger partial charge on any atom is 1.00 e. The van der Waals surface area contributed by atoms with Gasteiger partial charge in [0.05, 0.1) is 12.8 Å². The third kappa shape index (κ3) is 9.50. The summed E-state index contributed by atoms with van der Waals surface area (Å²) in [6.45, 7) is 14.3. The second-order valence-electron chi connectivity index (χ2n) is 7.38. The molecular formula is C22H26F3LiN6O5S2-2. The summed E-state index contributed by atoms with van der Waals surface area (Å²) < 4.78 is 70.9. The first kappa shape index (κ1) is 34.4. The summed E-state index contributed by atoms with van der Waals surface area (Å²) in [6.07, 6.45) is -4.29. The van der Waals surface area contributed by atoms with Crippen molar-refractivity contribution in [3.05, 3.63) is 51.0 Å². The number of carbonyl (C=O) groups excluding carboxylic acids is 1. The van der Waals surface area contributed by atoms with Gasteiger partial charge in [0.25, 0.3) is 0 Å². The Kier molecular flexibility index (Phi) is 12.9. The van der Waals surface area contributed by atoms with Crippen LogP contribution < -0.4 is 34.2 Å². The fraction of sp³-hybridized carbons (Fsp3) is 0.318. The maximum atomic E-state index is 12.3. The van der Waals surface area contributed by atoms with Gasteiger partial charge in [0.2, 0.25) is 10.0 Å². The van der Waals surface area contributed by atoms with Crippen molar-refractivity contribution in [1.82, 2.24) is 19.3 Å². The molecule has 0 aliphatic heterocycles. The average molecular weight is 583 g/mol. The molecule has 17 heteroatoms. The van der Waals surface area contributed by atoms with Gasteiger partial charge in [-0.05, 0) is 19.1 Å². The average Bonchev–Trinajstić information content (AvgIpc) is 3.20. The first-order chi connectivity index (χ1) is 17.7. The number of methoxy groups -OCH3 is 1. The van der Waals surface area contributed by atoms with Gasteiger partial charge in [-0.2, -0.15) is 0 Å². The van der Waals surface area contributed by atoms with E-state index in [1.165, 1.54) is 25.6 Å². The number of nitrogens with zero attached hydrogens (tertiary/aromatic N) is 4. The summed E-state index contributed by atoms with van der Waals surface area (Å²) in [5.74, 6) is 0.0623. The van der Waals surface area contributed by atoms with Crippen molar-refractivity contribution in [2.45, 2.75) is 30.5 Å². The summed E-state index contributed by atoms with van der Waals surface area (Å²) in [5.41, 5.74) is 0.404. The molecule has 2 aromatic heterocycles. The molecular weight excluding hydrogens is 556 g/mol. The number of nitrogens with one attached hydrogen (secondary N) is 2. The van der Waals surface area contributed by atoms with Crippen molar-refractivity contribution < 1.29 is 54.7 Å². The number of carbonyl (C=O) groups is 1. The van der Waals surface area contributed by atoms with Crippen LogP contribution in [-0.4, -0.2) is 66.4 Å². The number of anilines is 2. The molecule has 1 aromatic carbocycles. The van der Waals surface area contributed by atoms with E-state index >= 15 is 0 Å². The first-order valence-corrected chi connectivity index (χ1v) is 13.0. The number of halogens is 3. The molecule has 0 aliphatic rings. The molecule has 0 spiro atoms. The predicted octanol–water partition coefficient (Wildman–Crippen LogP) is 1.46. The third-order valence-corrected chi connectivity index (χ3v) is 8.02. The Hall–Kier alpha value is -2.64.